The van der Waals surface area contributed by atoms with Crippen molar-refractivity contribution in [1.82, 2.24) is 0 Å². The van der Waals surface area contributed by atoms with Gasteiger partial charge in [0.1, 0.15) is 12.4 Å². The molecule has 29 heavy (non-hydrogen) atoms. The smallest absolute Gasteiger partial charge is 0.198 e. The van der Waals surface area contributed by atoms with Crippen molar-refractivity contribution in [2.75, 3.05) is 17.7 Å². The summed E-state index contributed by atoms with van der Waals surface area (Å²) >= 11 is 6.65. The fourth-order valence-corrected chi connectivity index (χ4v) is 3.65. The molecule has 2 aromatic rings. The van der Waals surface area contributed by atoms with Gasteiger partial charge in [-0.3, -0.25) is 0 Å². The molecule has 4 nitrogen and oxygen atoms in total. The third-order valence-electron chi connectivity index (χ3n) is 4.83. The Hall–Kier alpha value is -3.11. The molecule has 0 saturated carbocycles. The fraction of sp³-hybridized carbons (Fsp3) is 0.167. The summed E-state index contributed by atoms with van der Waals surface area (Å²) in [6.07, 6.45) is 11.0. The number of nitrogen functional groups attached to an aromatic ring is 1. The number of fused-ring (bicyclic) bond motifs is 1. The third-order valence-corrected chi connectivity index (χ3v) is 5.32. The highest BCUT2D eigenvalue weighted by Crippen LogP contribution is 2.35. The molecular formula is C24H23ClN2O2. The van der Waals surface area contributed by atoms with Crippen molar-refractivity contribution >= 4 is 23.0 Å². The Kier molecular flexibility index (Phi) is 5.92. The molecule has 0 unspecified atom stereocenters. The van der Waals surface area contributed by atoms with Gasteiger partial charge in [-0.1, -0.05) is 48.0 Å². The van der Waals surface area contributed by atoms with Crippen LogP contribution in [-0.2, 0) is 0 Å². The van der Waals surface area contributed by atoms with Gasteiger partial charge < -0.3 is 20.5 Å². The first-order valence-electron chi connectivity index (χ1n) is 9.68. The molecule has 2 aliphatic rings. The normalized spacial score (nSPS) is 18.8. The number of nitrogens with one attached hydrogen (secondary N) is 1. The molecule has 0 radical (unpaired) electrons. The number of anilines is 2. The zero-order chi connectivity index (χ0) is 20.1. The molecule has 0 bridgehead atoms. The molecule has 0 amide bonds. The van der Waals surface area contributed by atoms with Gasteiger partial charge in [-0.25, -0.2) is 0 Å². The van der Waals surface area contributed by atoms with E-state index in [-0.39, 0.29) is 0 Å². The van der Waals surface area contributed by atoms with Crippen LogP contribution < -0.4 is 20.5 Å². The maximum atomic E-state index is 6.65. The molecule has 148 valence electrons. The Bertz CT molecular complexity index is 994. The molecule has 1 aliphatic heterocycles. The van der Waals surface area contributed by atoms with Crippen molar-refractivity contribution < 1.29 is 9.47 Å². The highest BCUT2D eigenvalue weighted by atomic mass is 35.5. The first-order valence-corrected chi connectivity index (χ1v) is 10.1. The lowest BCUT2D eigenvalue weighted by molar-refractivity contribution is 0.364. The monoisotopic (exact) mass is 406 g/mol. The van der Waals surface area contributed by atoms with Crippen LogP contribution in [-0.4, -0.2) is 6.61 Å². The topological polar surface area (TPSA) is 56.5 Å². The van der Waals surface area contributed by atoms with E-state index >= 15 is 0 Å². The first-order chi connectivity index (χ1) is 14.2. The van der Waals surface area contributed by atoms with E-state index < -0.39 is 0 Å². The van der Waals surface area contributed by atoms with Crippen LogP contribution in [0.3, 0.4) is 0 Å². The predicted octanol–water partition coefficient (Wildman–Crippen LogP) is 6.15. The summed E-state index contributed by atoms with van der Waals surface area (Å²) in [6, 6.07) is 15.3. The van der Waals surface area contributed by atoms with Crippen molar-refractivity contribution in [2.45, 2.75) is 19.3 Å². The Labute approximate surface area is 176 Å². The van der Waals surface area contributed by atoms with Crippen LogP contribution in [0.15, 0.2) is 94.9 Å². The van der Waals surface area contributed by atoms with Gasteiger partial charge in [0.25, 0.3) is 0 Å². The SMILES string of the molecule is Nc1ccccc1OC/C=C/C1=C(Cl)C(=C/C=C2/Nc3ccccc3O2)/CCC1. The van der Waals surface area contributed by atoms with Gasteiger partial charge in [-0.2, -0.15) is 0 Å². The van der Waals surface area contributed by atoms with E-state index in [2.05, 4.69) is 5.32 Å². The summed E-state index contributed by atoms with van der Waals surface area (Å²) in [5, 5.41) is 4.06. The number of benzene rings is 2. The second-order valence-corrected chi connectivity index (χ2v) is 7.27. The molecule has 5 heteroatoms. The number of hydrogen-bond acceptors (Lipinski definition) is 4. The summed E-state index contributed by atoms with van der Waals surface area (Å²) in [4.78, 5) is 0. The largest absolute Gasteiger partial charge is 0.487 e. The zero-order valence-electron chi connectivity index (χ0n) is 16.0. The van der Waals surface area contributed by atoms with Crippen LogP contribution in [0.2, 0.25) is 0 Å². The fourth-order valence-electron chi connectivity index (χ4n) is 3.34. The molecule has 1 aliphatic carbocycles. The van der Waals surface area contributed by atoms with Gasteiger partial charge >= 0.3 is 0 Å². The quantitative estimate of drug-likeness (QED) is 0.584. The van der Waals surface area contributed by atoms with Gasteiger partial charge in [0.15, 0.2) is 11.6 Å². The minimum Gasteiger partial charge on any atom is -0.487 e. The van der Waals surface area contributed by atoms with Gasteiger partial charge in [0, 0.05) is 5.03 Å². The van der Waals surface area contributed by atoms with Crippen molar-refractivity contribution in [2.24, 2.45) is 0 Å². The minimum absolute atomic E-state index is 0.445. The van der Waals surface area contributed by atoms with Crippen LogP contribution in [0.1, 0.15) is 19.3 Å². The number of ether oxygens (including phenoxy) is 2. The predicted molar refractivity (Wildman–Crippen MR) is 119 cm³/mol. The van der Waals surface area contributed by atoms with E-state index in [0.717, 1.165) is 46.9 Å². The Morgan fingerprint density at radius 2 is 1.90 bits per heavy atom. The average Bonchev–Trinajstić information content (AvgIpc) is 3.15. The second-order valence-electron chi connectivity index (χ2n) is 6.89. The van der Waals surface area contributed by atoms with Gasteiger partial charge in [0.2, 0.25) is 0 Å². The molecule has 4 rings (SSSR count). The lowest BCUT2D eigenvalue weighted by atomic mass is 9.94. The summed E-state index contributed by atoms with van der Waals surface area (Å²) in [5.74, 6) is 2.24. The molecule has 3 N–H and O–H groups in total. The van der Waals surface area contributed by atoms with Crippen LogP contribution in [0.25, 0.3) is 0 Å². The van der Waals surface area contributed by atoms with E-state index in [9.17, 15) is 0 Å². The maximum absolute atomic E-state index is 6.65. The second kappa shape index (κ2) is 8.93. The summed E-state index contributed by atoms with van der Waals surface area (Å²) in [6.45, 7) is 0.445. The third kappa shape index (κ3) is 4.66. The van der Waals surface area contributed by atoms with E-state index in [1.165, 1.54) is 0 Å². The standard InChI is InChI=1S/C24H23ClN2O2/c25-24-17(9-6-16-28-21-12-3-1-10-19(21)26)7-5-8-18(24)14-15-23-27-20-11-2-4-13-22(20)29-23/h1-4,6,9-15,27H,5,7-8,16,26H2/b9-6+,18-14+,23-15-. The summed E-state index contributed by atoms with van der Waals surface area (Å²) in [7, 11) is 0. The molecule has 0 saturated heterocycles. The van der Waals surface area contributed by atoms with Crippen molar-refractivity contribution in [1.29, 1.82) is 0 Å². The van der Waals surface area contributed by atoms with E-state index in [0.29, 0.717) is 23.9 Å². The number of rotatable bonds is 5. The van der Waals surface area contributed by atoms with E-state index in [4.69, 9.17) is 26.8 Å². The molecule has 0 atom stereocenters. The van der Waals surface area contributed by atoms with Gasteiger partial charge in [-0.05, 0) is 66.8 Å². The first kappa shape index (κ1) is 19.2. The number of nitrogens with two attached hydrogens (primary N) is 1. The van der Waals surface area contributed by atoms with Crippen molar-refractivity contribution in [3.05, 3.63) is 94.9 Å². The molecule has 0 fully saturated rings. The Morgan fingerprint density at radius 1 is 1.07 bits per heavy atom. The lowest BCUT2D eigenvalue weighted by Gasteiger charge is -2.16. The number of hydrogen-bond donors (Lipinski definition) is 2. The molecular weight excluding hydrogens is 384 g/mol. The number of halogens is 1. The summed E-state index contributed by atoms with van der Waals surface area (Å²) in [5.41, 5.74) is 9.74. The van der Waals surface area contributed by atoms with Gasteiger partial charge in [0.05, 0.1) is 11.4 Å². The van der Waals surface area contributed by atoms with Crippen LogP contribution in [0.4, 0.5) is 11.4 Å². The van der Waals surface area contributed by atoms with E-state index in [1.54, 1.807) is 0 Å². The van der Waals surface area contributed by atoms with Crippen molar-refractivity contribution in [3.8, 4) is 11.5 Å². The highest BCUT2D eigenvalue weighted by molar-refractivity contribution is 6.32. The van der Waals surface area contributed by atoms with Crippen LogP contribution in [0.5, 0.6) is 11.5 Å². The van der Waals surface area contributed by atoms with E-state index in [1.807, 2.05) is 72.8 Å². The van der Waals surface area contributed by atoms with Crippen molar-refractivity contribution in [3.63, 3.8) is 0 Å². The number of para-hydroxylation sites is 4. The Balaban J connectivity index is 1.41. The Morgan fingerprint density at radius 3 is 2.76 bits per heavy atom. The molecule has 2 aromatic carbocycles. The molecule has 0 aromatic heterocycles. The summed E-state index contributed by atoms with van der Waals surface area (Å²) < 4.78 is 11.5. The lowest BCUT2D eigenvalue weighted by Crippen LogP contribution is -2.00. The van der Waals surface area contributed by atoms with Crippen LogP contribution in [0, 0.1) is 0 Å². The zero-order valence-corrected chi connectivity index (χ0v) is 16.8. The number of allylic oxidation sites excluding steroid dienone is 6. The molecule has 1 heterocycles. The maximum Gasteiger partial charge on any atom is 0.198 e. The molecule has 0 spiro atoms. The average molecular weight is 407 g/mol. The van der Waals surface area contributed by atoms with Crippen LogP contribution >= 0.6 is 11.6 Å². The van der Waals surface area contributed by atoms with Gasteiger partial charge in [-0.15, -0.1) is 0 Å². The minimum atomic E-state index is 0.445. The highest BCUT2D eigenvalue weighted by Gasteiger charge is 2.16.